The van der Waals surface area contributed by atoms with Crippen molar-refractivity contribution in [2.75, 3.05) is 0 Å². The van der Waals surface area contributed by atoms with Gasteiger partial charge < -0.3 is 10.5 Å². The van der Waals surface area contributed by atoms with E-state index in [0.29, 0.717) is 5.02 Å². The summed E-state index contributed by atoms with van der Waals surface area (Å²) in [7, 11) is 1.91. The van der Waals surface area contributed by atoms with E-state index in [1.54, 1.807) is 0 Å². The van der Waals surface area contributed by atoms with Crippen LogP contribution in [0.25, 0.3) is 0 Å². The van der Waals surface area contributed by atoms with Gasteiger partial charge in [0.2, 0.25) is 0 Å². The maximum absolute atomic E-state index is 6.10. The third-order valence-corrected chi connectivity index (χ3v) is 3.92. The predicted molar refractivity (Wildman–Crippen MR) is 86.2 cm³/mol. The molecule has 4 nitrogen and oxygen atoms in total. The van der Waals surface area contributed by atoms with Gasteiger partial charge in [-0.25, -0.2) is 0 Å². The average molecular weight is 308 g/mol. The molecule has 0 aliphatic heterocycles. The molecule has 5 heteroatoms. The zero-order valence-electron chi connectivity index (χ0n) is 13.0. The van der Waals surface area contributed by atoms with Crippen LogP contribution in [0.4, 0.5) is 0 Å². The summed E-state index contributed by atoms with van der Waals surface area (Å²) in [5.41, 5.74) is 8.96. The van der Waals surface area contributed by atoms with E-state index in [1.165, 1.54) is 0 Å². The first kappa shape index (κ1) is 15.9. The van der Waals surface area contributed by atoms with Crippen molar-refractivity contribution in [3.63, 3.8) is 0 Å². The fourth-order valence-electron chi connectivity index (χ4n) is 2.25. The number of aromatic nitrogens is 2. The minimum atomic E-state index is 0.0990. The van der Waals surface area contributed by atoms with Gasteiger partial charge in [-0.15, -0.1) is 0 Å². The largest absolute Gasteiger partial charge is 0.453 e. The first-order valence-corrected chi connectivity index (χ1v) is 7.52. The number of nitrogens with zero attached hydrogens (tertiary/aromatic N) is 2. The number of aryl methyl sites for hydroxylation is 2. The number of ether oxygens (including phenoxy) is 1. The van der Waals surface area contributed by atoms with Crippen LogP contribution < -0.4 is 10.5 Å². The van der Waals surface area contributed by atoms with Gasteiger partial charge in [0, 0.05) is 18.1 Å². The highest BCUT2D eigenvalue weighted by atomic mass is 35.5. The average Bonchev–Trinajstić information content (AvgIpc) is 2.67. The number of nitrogens with two attached hydrogens (primary N) is 1. The van der Waals surface area contributed by atoms with Crippen LogP contribution in [0, 0.1) is 13.8 Å². The lowest BCUT2D eigenvalue weighted by molar-refractivity contribution is 0.464. The van der Waals surface area contributed by atoms with E-state index in [0.717, 1.165) is 41.3 Å². The van der Waals surface area contributed by atoms with Crippen molar-refractivity contribution in [2.45, 2.75) is 39.7 Å². The summed E-state index contributed by atoms with van der Waals surface area (Å²) < 4.78 is 7.91. The lowest BCUT2D eigenvalue weighted by atomic mass is 10.0. The van der Waals surface area contributed by atoms with Crippen molar-refractivity contribution in [1.82, 2.24) is 9.78 Å². The van der Waals surface area contributed by atoms with Gasteiger partial charge >= 0.3 is 0 Å². The number of rotatable bonds is 5. The molecule has 0 amide bonds. The molecule has 0 saturated carbocycles. The van der Waals surface area contributed by atoms with E-state index in [1.807, 2.05) is 43.8 Å². The van der Waals surface area contributed by atoms with Gasteiger partial charge in [-0.2, -0.15) is 5.10 Å². The third kappa shape index (κ3) is 3.57. The molecule has 0 fully saturated rings. The lowest BCUT2D eigenvalue weighted by Crippen LogP contribution is -2.21. The second-order valence-corrected chi connectivity index (χ2v) is 5.79. The Bertz CT molecular complexity index is 637. The summed E-state index contributed by atoms with van der Waals surface area (Å²) in [6.07, 6.45) is 1.65. The van der Waals surface area contributed by atoms with E-state index < -0.39 is 0 Å². The molecule has 1 aromatic heterocycles. The summed E-state index contributed by atoms with van der Waals surface area (Å²) in [4.78, 5) is 0. The molecule has 1 unspecified atom stereocenters. The molecule has 1 heterocycles. The molecule has 2 aromatic rings. The smallest absolute Gasteiger partial charge is 0.171 e. The van der Waals surface area contributed by atoms with Crippen LogP contribution in [0.5, 0.6) is 11.5 Å². The van der Waals surface area contributed by atoms with E-state index in [-0.39, 0.29) is 6.04 Å². The Kier molecular flexibility index (Phi) is 4.91. The van der Waals surface area contributed by atoms with Crippen LogP contribution >= 0.6 is 11.6 Å². The van der Waals surface area contributed by atoms with E-state index >= 15 is 0 Å². The highest BCUT2D eigenvalue weighted by Crippen LogP contribution is 2.32. The molecule has 2 rings (SSSR count). The zero-order valence-corrected chi connectivity index (χ0v) is 13.7. The van der Waals surface area contributed by atoms with E-state index in [4.69, 9.17) is 22.1 Å². The van der Waals surface area contributed by atoms with E-state index in [2.05, 4.69) is 12.0 Å². The van der Waals surface area contributed by atoms with Gasteiger partial charge in [0.15, 0.2) is 5.75 Å². The normalized spacial score (nSPS) is 12.5. The van der Waals surface area contributed by atoms with Crippen LogP contribution in [-0.2, 0) is 13.5 Å². The van der Waals surface area contributed by atoms with Gasteiger partial charge in [0.25, 0.3) is 0 Å². The van der Waals surface area contributed by atoms with Crippen molar-refractivity contribution in [2.24, 2.45) is 12.8 Å². The second-order valence-electron chi connectivity index (χ2n) is 5.35. The molecule has 2 N–H and O–H groups in total. The minimum Gasteiger partial charge on any atom is -0.453 e. The molecule has 1 atom stereocenters. The number of halogens is 1. The quantitative estimate of drug-likeness (QED) is 0.915. The standard InChI is InChI=1S/C16H22ClN3O/c1-5-14(18)9-12-8-13(17)6-7-15(12)21-16-10(2)19-20(4)11(16)3/h6-8,14H,5,9,18H2,1-4H3. The van der Waals surface area contributed by atoms with Crippen molar-refractivity contribution < 1.29 is 4.74 Å². The number of hydrogen-bond acceptors (Lipinski definition) is 3. The first-order valence-electron chi connectivity index (χ1n) is 7.14. The molecule has 0 bridgehead atoms. The van der Waals surface area contributed by atoms with E-state index in [9.17, 15) is 0 Å². The Balaban J connectivity index is 2.35. The summed E-state index contributed by atoms with van der Waals surface area (Å²) in [5, 5.41) is 5.07. The third-order valence-electron chi connectivity index (χ3n) is 3.68. The van der Waals surface area contributed by atoms with Crippen molar-refractivity contribution in [1.29, 1.82) is 0 Å². The second kappa shape index (κ2) is 6.50. The minimum absolute atomic E-state index is 0.0990. The molecular weight excluding hydrogens is 286 g/mol. The topological polar surface area (TPSA) is 53.1 Å². The van der Waals surface area contributed by atoms with Crippen molar-refractivity contribution in [3.05, 3.63) is 40.2 Å². The molecule has 114 valence electrons. The summed E-state index contributed by atoms with van der Waals surface area (Å²) in [6.45, 7) is 6.00. The maximum Gasteiger partial charge on any atom is 0.171 e. The SMILES string of the molecule is CCC(N)Cc1cc(Cl)ccc1Oc1c(C)nn(C)c1C. The summed E-state index contributed by atoms with van der Waals surface area (Å²) in [5.74, 6) is 1.59. The van der Waals surface area contributed by atoms with Gasteiger partial charge in [-0.05, 0) is 50.5 Å². The molecule has 0 aliphatic rings. The molecule has 21 heavy (non-hydrogen) atoms. The summed E-state index contributed by atoms with van der Waals surface area (Å²) >= 11 is 6.10. The highest BCUT2D eigenvalue weighted by molar-refractivity contribution is 6.30. The molecule has 0 saturated heterocycles. The van der Waals surface area contributed by atoms with Gasteiger partial charge in [0.1, 0.15) is 11.4 Å². The lowest BCUT2D eigenvalue weighted by Gasteiger charge is -2.15. The van der Waals surface area contributed by atoms with Crippen LogP contribution in [0.3, 0.4) is 0 Å². The van der Waals surface area contributed by atoms with Gasteiger partial charge in [-0.3, -0.25) is 4.68 Å². The van der Waals surface area contributed by atoms with Crippen LogP contribution in [0.2, 0.25) is 5.02 Å². The van der Waals surface area contributed by atoms with Gasteiger partial charge in [0.05, 0.1) is 5.69 Å². The Morgan fingerprint density at radius 2 is 2.10 bits per heavy atom. The first-order chi connectivity index (χ1) is 9.92. The Labute approximate surface area is 130 Å². The fraction of sp³-hybridized carbons (Fsp3) is 0.438. The van der Waals surface area contributed by atoms with Crippen molar-refractivity contribution in [3.8, 4) is 11.5 Å². The van der Waals surface area contributed by atoms with Crippen LogP contribution in [0.15, 0.2) is 18.2 Å². The Morgan fingerprint density at radius 3 is 2.67 bits per heavy atom. The number of benzene rings is 1. The predicted octanol–water partition coefficient (Wildman–Crippen LogP) is 3.76. The molecule has 1 aromatic carbocycles. The number of hydrogen-bond donors (Lipinski definition) is 1. The monoisotopic (exact) mass is 307 g/mol. The molecular formula is C16H22ClN3O. The summed E-state index contributed by atoms with van der Waals surface area (Å²) in [6, 6.07) is 5.75. The Morgan fingerprint density at radius 1 is 1.38 bits per heavy atom. The molecule has 0 spiro atoms. The van der Waals surface area contributed by atoms with Crippen molar-refractivity contribution >= 4 is 11.6 Å². The zero-order chi connectivity index (χ0) is 15.6. The molecule has 0 radical (unpaired) electrons. The Hall–Kier alpha value is -1.52. The van der Waals surface area contributed by atoms with Crippen LogP contribution in [0.1, 0.15) is 30.3 Å². The molecule has 0 aliphatic carbocycles. The fourth-order valence-corrected chi connectivity index (χ4v) is 2.44. The highest BCUT2D eigenvalue weighted by Gasteiger charge is 2.15. The van der Waals surface area contributed by atoms with Crippen LogP contribution in [-0.4, -0.2) is 15.8 Å². The maximum atomic E-state index is 6.10. The van der Waals surface area contributed by atoms with Gasteiger partial charge in [-0.1, -0.05) is 18.5 Å².